The van der Waals surface area contributed by atoms with E-state index in [1.54, 1.807) is 11.3 Å². The molecule has 0 bridgehead atoms. The molecule has 0 saturated carbocycles. The van der Waals surface area contributed by atoms with Crippen LogP contribution in [0.1, 0.15) is 29.2 Å². The van der Waals surface area contributed by atoms with Gasteiger partial charge >= 0.3 is 0 Å². The molecule has 0 fully saturated rings. The maximum absolute atomic E-state index is 3.69. The lowest BCUT2D eigenvalue weighted by Gasteiger charge is -2.18. The lowest BCUT2D eigenvalue weighted by molar-refractivity contribution is 0.496. The maximum atomic E-state index is 3.69. The number of benzene rings is 1. The molecular formula is C15H18N2S. The van der Waals surface area contributed by atoms with Gasteiger partial charge in [-0.1, -0.05) is 24.3 Å². The number of thiophene rings is 1. The smallest absolute Gasteiger partial charge is 0.0338 e. The lowest BCUT2D eigenvalue weighted by atomic mass is 9.99. The number of fused-ring (bicyclic) bond motifs is 1. The van der Waals surface area contributed by atoms with Crippen molar-refractivity contribution >= 4 is 11.3 Å². The Morgan fingerprint density at radius 1 is 1.28 bits per heavy atom. The molecule has 1 aliphatic heterocycles. The Bertz CT molecular complexity index is 493. The number of nitrogens with one attached hydrogen (secondary N) is 2. The van der Waals surface area contributed by atoms with Crippen molar-refractivity contribution in [1.29, 1.82) is 0 Å². The second-order valence-corrected chi connectivity index (χ2v) is 5.51. The zero-order chi connectivity index (χ0) is 12.2. The number of rotatable bonds is 3. The standard InChI is InChI=1S/C15H18N2S/c1-2-4-14-13(3-1)10-16-7-5-15(14)17-9-12-6-8-18-11-12/h1-4,6,8,11,15-17H,5,7,9-10H2. The van der Waals surface area contributed by atoms with Crippen molar-refractivity contribution in [3.05, 3.63) is 57.8 Å². The summed E-state index contributed by atoms with van der Waals surface area (Å²) in [4.78, 5) is 0. The first-order valence-electron chi connectivity index (χ1n) is 6.46. The van der Waals surface area contributed by atoms with E-state index in [1.807, 2.05) is 0 Å². The third-order valence-electron chi connectivity index (χ3n) is 3.49. The highest BCUT2D eigenvalue weighted by atomic mass is 32.1. The molecule has 1 aromatic heterocycles. The molecule has 2 aromatic rings. The van der Waals surface area contributed by atoms with E-state index in [0.29, 0.717) is 6.04 Å². The molecule has 0 aliphatic carbocycles. The van der Waals surface area contributed by atoms with Crippen molar-refractivity contribution in [2.45, 2.75) is 25.6 Å². The van der Waals surface area contributed by atoms with Crippen LogP contribution in [-0.2, 0) is 13.1 Å². The molecule has 2 nitrogen and oxygen atoms in total. The van der Waals surface area contributed by atoms with Gasteiger partial charge in [0.1, 0.15) is 0 Å². The van der Waals surface area contributed by atoms with Gasteiger partial charge < -0.3 is 10.6 Å². The molecule has 1 aromatic carbocycles. The zero-order valence-corrected chi connectivity index (χ0v) is 11.2. The predicted molar refractivity (Wildman–Crippen MR) is 76.7 cm³/mol. The van der Waals surface area contributed by atoms with E-state index in [1.165, 1.54) is 16.7 Å². The summed E-state index contributed by atoms with van der Waals surface area (Å²) in [5.74, 6) is 0. The van der Waals surface area contributed by atoms with Gasteiger partial charge in [0.25, 0.3) is 0 Å². The van der Waals surface area contributed by atoms with Gasteiger partial charge in [0.15, 0.2) is 0 Å². The van der Waals surface area contributed by atoms with E-state index in [4.69, 9.17) is 0 Å². The van der Waals surface area contributed by atoms with Gasteiger partial charge in [-0.15, -0.1) is 0 Å². The van der Waals surface area contributed by atoms with Gasteiger partial charge in [-0.3, -0.25) is 0 Å². The maximum Gasteiger partial charge on any atom is 0.0338 e. The molecular weight excluding hydrogens is 240 g/mol. The largest absolute Gasteiger partial charge is 0.313 e. The van der Waals surface area contributed by atoms with Gasteiger partial charge in [-0.2, -0.15) is 11.3 Å². The van der Waals surface area contributed by atoms with Crippen LogP contribution in [0.3, 0.4) is 0 Å². The van der Waals surface area contributed by atoms with Crippen molar-refractivity contribution < 1.29 is 0 Å². The fourth-order valence-corrected chi connectivity index (χ4v) is 3.18. The Labute approximate surface area is 112 Å². The molecule has 3 rings (SSSR count). The third-order valence-corrected chi connectivity index (χ3v) is 4.22. The van der Waals surface area contributed by atoms with Crippen LogP contribution in [0.5, 0.6) is 0 Å². The second-order valence-electron chi connectivity index (χ2n) is 4.73. The lowest BCUT2D eigenvalue weighted by Crippen LogP contribution is -2.22. The van der Waals surface area contributed by atoms with Gasteiger partial charge in [0, 0.05) is 19.1 Å². The van der Waals surface area contributed by atoms with Gasteiger partial charge in [0.05, 0.1) is 0 Å². The van der Waals surface area contributed by atoms with Crippen molar-refractivity contribution in [2.75, 3.05) is 6.54 Å². The SMILES string of the molecule is c1ccc2c(c1)CNCCC2NCc1ccsc1. The Morgan fingerprint density at radius 2 is 2.22 bits per heavy atom. The van der Waals surface area contributed by atoms with Crippen molar-refractivity contribution in [3.63, 3.8) is 0 Å². The monoisotopic (exact) mass is 258 g/mol. The summed E-state index contributed by atoms with van der Waals surface area (Å²) in [6.07, 6.45) is 1.15. The first-order valence-corrected chi connectivity index (χ1v) is 7.41. The van der Waals surface area contributed by atoms with Crippen LogP contribution in [0.25, 0.3) is 0 Å². The minimum absolute atomic E-state index is 0.469. The van der Waals surface area contributed by atoms with Gasteiger partial charge in [-0.05, 0) is 46.5 Å². The fraction of sp³-hybridized carbons (Fsp3) is 0.333. The molecule has 0 amide bonds. The van der Waals surface area contributed by atoms with E-state index in [-0.39, 0.29) is 0 Å². The topological polar surface area (TPSA) is 24.1 Å². The molecule has 94 valence electrons. The average Bonchev–Trinajstić information content (AvgIpc) is 2.84. The van der Waals surface area contributed by atoms with E-state index in [2.05, 4.69) is 51.7 Å². The molecule has 2 heterocycles. The second kappa shape index (κ2) is 5.65. The zero-order valence-electron chi connectivity index (χ0n) is 10.4. The first kappa shape index (κ1) is 11.9. The van der Waals surface area contributed by atoms with Crippen LogP contribution < -0.4 is 10.6 Å². The number of hydrogen-bond acceptors (Lipinski definition) is 3. The first-order chi connectivity index (χ1) is 8.93. The highest BCUT2D eigenvalue weighted by molar-refractivity contribution is 7.07. The van der Waals surface area contributed by atoms with Crippen LogP contribution in [0, 0.1) is 0 Å². The molecule has 1 aliphatic rings. The molecule has 1 unspecified atom stereocenters. The van der Waals surface area contributed by atoms with Crippen molar-refractivity contribution in [1.82, 2.24) is 10.6 Å². The summed E-state index contributed by atoms with van der Waals surface area (Å²) < 4.78 is 0. The fourth-order valence-electron chi connectivity index (χ4n) is 2.51. The summed E-state index contributed by atoms with van der Waals surface area (Å²) in [6.45, 7) is 3.03. The molecule has 0 saturated heterocycles. The van der Waals surface area contributed by atoms with Gasteiger partial charge in [-0.25, -0.2) is 0 Å². The van der Waals surface area contributed by atoms with E-state index >= 15 is 0 Å². The Balaban J connectivity index is 1.75. The highest BCUT2D eigenvalue weighted by Gasteiger charge is 2.17. The molecule has 3 heteroatoms. The highest BCUT2D eigenvalue weighted by Crippen LogP contribution is 2.23. The molecule has 0 radical (unpaired) electrons. The van der Waals surface area contributed by atoms with Crippen LogP contribution in [0.2, 0.25) is 0 Å². The van der Waals surface area contributed by atoms with Crippen LogP contribution in [0.4, 0.5) is 0 Å². The number of hydrogen-bond donors (Lipinski definition) is 2. The van der Waals surface area contributed by atoms with E-state index in [9.17, 15) is 0 Å². The van der Waals surface area contributed by atoms with Crippen molar-refractivity contribution in [2.24, 2.45) is 0 Å². The molecule has 2 N–H and O–H groups in total. The Morgan fingerprint density at radius 3 is 3.11 bits per heavy atom. The van der Waals surface area contributed by atoms with Crippen LogP contribution >= 0.6 is 11.3 Å². The third kappa shape index (κ3) is 2.64. The summed E-state index contributed by atoms with van der Waals surface area (Å²) >= 11 is 1.76. The van der Waals surface area contributed by atoms with E-state index in [0.717, 1.165) is 26.1 Å². The molecule has 0 spiro atoms. The minimum Gasteiger partial charge on any atom is -0.313 e. The van der Waals surface area contributed by atoms with Crippen molar-refractivity contribution in [3.8, 4) is 0 Å². The summed E-state index contributed by atoms with van der Waals surface area (Å²) in [5, 5.41) is 11.5. The van der Waals surface area contributed by atoms with Crippen LogP contribution in [0.15, 0.2) is 41.1 Å². The quantitative estimate of drug-likeness (QED) is 0.884. The Kier molecular flexibility index (Phi) is 3.74. The Hall–Kier alpha value is -1.16. The molecule has 18 heavy (non-hydrogen) atoms. The predicted octanol–water partition coefficient (Wildman–Crippen LogP) is 3.07. The summed E-state index contributed by atoms with van der Waals surface area (Å²) in [7, 11) is 0. The summed E-state index contributed by atoms with van der Waals surface area (Å²) in [6, 6.07) is 11.4. The van der Waals surface area contributed by atoms with Gasteiger partial charge in [0.2, 0.25) is 0 Å². The molecule has 1 atom stereocenters. The van der Waals surface area contributed by atoms with Crippen LogP contribution in [-0.4, -0.2) is 6.54 Å². The summed E-state index contributed by atoms with van der Waals surface area (Å²) in [5.41, 5.74) is 4.27. The minimum atomic E-state index is 0.469. The van der Waals surface area contributed by atoms with E-state index < -0.39 is 0 Å². The normalized spacial score (nSPS) is 19.2. The average molecular weight is 258 g/mol.